The first-order valence-corrected chi connectivity index (χ1v) is 10.8. The Bertz CT molecular complexity index is 1240. The van der Waals surface area contributed by atoms with Crippen molar-refractivity contribution in [2.45, 2.75) is 37.8 Å². The number of nitrogens with zero attached hydrogens (tertiary/aromatic N) is 3. The molecular formula is C23H24FN7O3. The van der Waals surface area contributed by atoms with Crippen LogP contribution in [0.5, 0.6) is 0 Å². The molecule has 0 spiro atoms. The minimum Gasteiger partial charge on any atom is -0.365 e. The Balaban J connectivity index is 1.65. The Morgan fingerprint density at radius 3 is 2.65 bits per heavy atom. The van der Waals surface area contributed by atoms with Crippen molar-refractivity contribution in [3.8, 4) is 11.1 Å². The number of halogens is 1. The molecule has 1 aromatic carbocycles. The van der Waals surface area contributed by atoms with Crippen LogP contribution < -0.4 is 22.1 Å². The minimum atomic E-state index is -0.849. The van der Waals surface area contributed by atoms with Gasteiger partial charge < -0.3 is 22.1 Å². The number of anilines is 3. The number of carbonyl (C=O) groups excluding carboxylic acids is 1. The fraction of sp³-hybridized carbons (Fsp3) is 0.261. The Morgan fingerprint density at radius 1 is 1.12 bits per heavy atom. The van der Waals surface area contributed by atoms with Crippen molar-refractivity contribution in [1.29, 1.82) is 0 Å². The summed E-state index contributed by atoms with van der Waals surface area (Å²) in [5, 5.41) is 17.1. The van der Waals surface area contributed by atoms with Crippen molar-refractivity contribution in [3.63, 3.8) is 0 Å². The third-order valence-corrected chi connectivity index (χ3v) is 5.77. The first-order valence-electron chi connectivity index (χ1n) is 10.8. The van der Waals surface area contributed by atoms with E-state index in [1.165, 1.54) is 18.3 Å². The number of rotatable bonds is 7. The molecule has 176 valence electrons. The lowest BCUT2D eigenvalue weighted by molar-refractivity contribution is -0.384. The average Bonchev–Trinajstić information content (AvgIpc) is 2.82. The third kappa shape index (κ3) is 5.09. The molecule has 1 aliphatic rings. The number of nitrogens with two attached hydrogens (primary N) is 2. The average molecular weight is 465 g/mol. The summed E-state index contributed by atoms with van der Waals surface area (Å²) < 4.78 is 14.7. The van der Waals surface area contributed by atoms with Gasteiger partial charge in [0.25, 0.3) is 11.6 Å². The molecule has 4 rings (SSSR count). The minimum absolute atomic E-state index is 0.0300. The zero-order valence-electron chi connectivity index (χ0n) is 18.2. The van der Waals surface area contributed by atoms with E-state index in [0.29, 0.717) is 16.8 Å². The van der Waals surface area contributed by atoms with Gasteiger partial charge in [0, 0.05) is 36.0 Å². The summed E-state index contributed by atoms with van der Waals surface area (Å²) in [6, 6.07) is 8.58. The van der Waals surface area contributed by atoms with Gasteiger partial charge in [0.1, 0.15) is 5.82 Å². The molecule has 0 aliphatic heterocycles. The smallest absolute Gasteiger partial charge is 0.270 e. The zero-order valence-corrected chi connectivity index (χ0v) is 18.2. The van der Waals surface area contributed by atoms with Gasteiger partial charge in [-0.25, -0.2) is 9.37 Å². The van der Waals surface area contributed by atoms with Gasteiger partial charge in [-0.05, 0) is 30.5 Å². The maximum absolute atomic E-state index is 14.7. The van der Waals surface area contributed by atoms with Crippen LogP contribution in [0.15, 0.2) is 48.8 Å². The van der Waals surface area contributed by atoms with Crippen LogP contribution in [0.4, 0.5) is 27.4 Å². The van der Waals surface area contributed by atoms with E-state index in [0.717, 1.165) is 31.7 Å². The lowest BCUT2D eigenvalue weighted by Crippen LogP contribution is -2.43. The molecule has 34 heavy (non-hydrogen) atoms. The molecule has 0 radical (unpaired) electrons. The number of benzene rings is 1. The van der Waals surface area contributed by atoms with E-state index < -0.39 is 16.6 Å². The van der Waals surface area contributed by atoms with E-state index in [1.54, 1.807) is 24.4 Å². The van der Waals surface area contributed by atoms with Crippen molar-refractivity contribution >= 4 is 28.9 Å². The number of nitrogens with one attached hydrogen (secondary N) is 2. The van der Waals surface area contributed by atoms with Crippen LogP contribution >= 0.6 is 0 Å². The second-order valence-electron chi connectivity index (χ2n) is 8.17. The molecule has 0 unspecified atom stereocenters. The number of nitro groups is 1. The van der Waals surface area contributed by atoms with E-state index in [1.807, 2.05) is 0 Å². The molecule has 10 nitrogen and oxygen atoms in total. The monoisotopic (exact) mass is 465 g/mol. The van der Waals surface area contributed by atoms with Crippen molar-refractivity contribution in [1.82, 2.24) is 9.97 Å². The van der Waals surface area contributed by atoms with Gasteiger partial charge in [0.05, 0.1) is 22.4 Å². The van der Waals surface area contributed by atoms with Gasteiger partial charge in [0.2, 0.25) is 0 Å². The second kappa shape index (κ2) is 9.79. The summed E-state index contributed by atoms with van der Waals surface area (Å²) in [5.41, 5.74) is 13.1. The summed E-state index contributed by atoms with van der Waals surface area (Å²) >= 11 is 0. The molecule has 11 heteroatoms. The largest absolute Gasteiger partial charge is 0.365 e. The molecule has 1 aliphatic carbocycles. The predicted octanol–water partition coefficient (Wildman–Crippen LogP) is 3.72. The second-order valence-corrected chi connectivity index (χ2v) is 8.17. The van der Waals surface area contributed by atoms with Crippen molar-refractivity contribution < 1.29 is 14.1 Å². The highest BCUT2D eigenvalue weighted by molar-refractivity contribution is 5.98. The fourth-order valence-corrected chi connectivity index (χ4v) is 3.99. The van der Waals surface area contributed by atoms with Crippen LogP contribution in [-0.2, 0) is 0 Å². The van der Waals surface area contributed by atoms with Crippen molar-refractivity contribution in [2.75, 3.05) is 10.6 Å². The van der Waals surface area contributed by atoms with Crippen molar-refractivity contribution in [2.24, 2.45) is 11.5 Å². The normalized spacial score (nSPS) is 17.7. The number of non-ortho nitro benzene ring substituents is 1. The van der Waals surface area contributed by atoms with Gasteiger partial charge in [0.15, 0.2) is 11.6 Å². The van der Waals surface area contributed by atoms with Gasteiger partial charge in [-0.3, -0.25) is 19.9 Å². The number of hydrogen-bond acceptors (Lipinski definition) is 8. The van der Waals surface area contributed by atoms with Crippen LogP contribution in [0.3, 0.4) is 0 Å². The lowest BCUT2D eigenvalue weighted by Gasteiger charge is -2.30. The zero-order chi connectivity index (χ0) is 24.2. The quantitative estimate of drug-likeness (QED) is 0.303. The number of pyridine rings is 2. The molecular weight excluding hydrogens is 441 g/mol. The number of nitro benzene ring substituents is 1. The molecule has 2 heterocycles. The van der Waals surface area contributed by atoms with Crippen molar-refractivity contribution in [3.05, 3.63) is 70.3 Å². The summed E-state index contributed by atoms with van der Waals surface area (Å²) in [4.78, 5) is 31.0. The van der Waals surface area contributed by atoms with E-state index in [-0.39, 0.29) is 35.0 Å². The topological polar surface area (TPSA) is 162 Å². The standard InChI is InChI=1S/C23H24FN7O3/c24-18-10-17(21(26)32)22(30-23(18)29-20-7-2-1-6-19(20)25)28-15-8-14(11-27-12-15)13-4-3-5-16(9-13)31(33)34/h3-5,8-12,19-20H,1-2,6-7,25H2,(H2,26,32)(H2,28,29,30)/t19-,20+/m0/s1. The third-order valence-electron chi connectivity index (χ3n) is 5.77. The summed E-state index contributed by atoms with van der Waals surface area (Å²) in [6.45, 7) is 0. The molecule has 2 atom stereocenters. The number of carbonyl (C=O) groups is 1. The summed E-state index contributed by atoms with van der Waals surface area (Å²) in [7, 11) is 0. The highest BCUT2D eigenvalue weighted by Crippen LogP contribution is 2.29. The van der Waals surface area contributed by atoms with Gasteiger partial charge in [-0.1, -0.05) is 25.0 Å². The van der Waals surface area contributed by atoms with E-state index in [2.05, 4.69) is 20.6 Å². The molecule has 1 amide bonds. The number of hydrogen-bond donors (Lipinski definition) is 4. The Morgan fingerprint density at radius 2 is 1.91 bits per heavy atom. The van der Waals surface area contributed by atoms with Gasteiger partial charge in [-0.2, -0.15) is 0 Å². The first-order chi connectivity index (χ1) is 16.3. The van der Waals surface area contributed by atoms with E-state index in [9.17, 15) is 19.3 Å². The van der Waals surface area contributed by atoms with E-state index >= 15 is 0 Å². The highest BCUT2D eigenvalue weighted by Gasteiger charge is 2.24. The molecule has 3 aromatic rings. The maximum Gasteiger partial charge on any atom is 0.270 e. The number of primary amides is 1. The molecule has 1 fully saturated rings. The number of aromatic nitrogens is 2. The molecule has 6 N–H and O–H groups in total. The summed E-state index contributed by atoms with van der Waals surface area (Å²) in [5.74, 6) is -1.53. The SMILES string of the molecule is NC(=O)c1cc(F)c(N[C@@H]2CCCC[C@@H]2N)nc1Nc1cncc(-c2cccc([N+](=O)[O-])c2)c1. The number of amides is 1. The predicted molar refractivity (Wildman–Crippen MR) is 126 cm³/mol. The van der Waals surface area contributed by atoms with Crippen LogP contribution in [0.1, 0.15) is 36.0 Å². The molecule has 0 bridgehead atoms. The highest BCUT2D eigenvalue weighted by atomic mass is 19.1. The summed E-state index contributed by atoms with van der Waals surface area (Å²) in [6.07, 6.45) is 6.66. The molecule has 2 aromatic heterocycles. The maximum atomic E-state index is 14.7. The molecule has 0 saturated heterocycles. The van der Waals surface area contributed by atoms with Crippen LogP contribution in [0, 0.1) is 15.9 Å². The van der Waals surface area contributed by atoms with E-state index in [4.69, 9.17) is 11.5 Å². The Kier molecular flexibility index (Phi) is 6.64. The Hall–Kier alpha value is -4.12. The lowest BCUT2D eigenvalue weighted by atomic mass is 9.91. The molecule has 1 saturated carbocycles. The van der Waals surface area contributed by atoms with Crippen LogP contribution in [0.2, 0.25) is 0 Å². The Labute approximate surface area is 194 Å². The van der Waals surface area contributed by atoms with Crippen LogP contribution in [-0.4, -0.2) is 32.9 Å². The van der Waals surface area contributed by atoms with Crippen LogP contribution in [0.25, 0.3) is 11.1 Å². The van der Waals surface area contributed by atoms with Gasteiger partial charge in [-0.15, -0.1) is 0 Å². The first kappa shape index (κ1) is 23.1. The van der Waals surface area contributed by atoms with Gasteiger partial charge >= 0.3 is 0 Å². The fourth-order valence-electron chi connectivity index (χ4n) is 3.99.